The van der Waals surface area contributed by atoms with Crippen LogP contribution in [0.3, 0.4) is 0 Å². The summed E-state index contributed by atoms with van der Waals surface area (Å²) in [5, 5.41) is 0. The quantitative estimate of drug-likeness (QED) is 0.848. The summed E-state index contributed by atoms with van der Waals surface area (Å²) in [7, 11) is 0. The number of amides is 2. The van der Waals surface area contributed by atoms with Crippen molar-refractivity contribution in [3.63, 3.8) is 0 Å². The fourth-order valence-electron chi connectivity index (χ4n) is 2.71. The van der Waals surface area contributed by atoms with Crippen LogP contribution >= 0.6 is 11.3 Å². The van der Waals surface area contributed by atoms with E-state index in [0.29, 0.717) is 16.4 Å². The first-order chi connectivity index (χ1) is 11.0. The molecule has 120 valence electrons. The van der Waals surface area contributed by atoms with E-state index in [4.69, 9.17) is 0 Å². The van der Waals surface area contributed by atoms with Crippen molar-refractivity contribution in [1.29, 1.82) is 0 Å². The highest BCUT2D eigenvalue weighted by atomic mass is 32.1. The number of fused-ring (bicyclic) bond motifs is 1. The lowest BCUT2D eigenvalue weighted by Crippen LogP contribution is -2.41. The van der Waals surface area contributed by atoms with Gasteiger partial charge in [-0.3, -0.25) is 20.4 Å². The smallest absolute Gasteiger partial charge is 0.267 e. The Bertz CT molecular complexity index is 710. The summed E-state index contributed by atoms with van der Waals surface area (Å²) in [4.78, 5) is 26.1. The molecule has 2 N–H and O–H groups in total. The van der Waals surface area contributed by atoms with Gasteiger partial charge >= 0.3 is 0 Å². The van der Waals surface area contributed by atoms with E-state index < -0.39 is 0 Å². The van der Waals surface area contributed by atoms with Crippen LogP contribution in [0.4, 0.5) is 0 Å². The molecule has 2 aromatic rings. The first-order valence-corrected chi connectivity index (χ1v) is 8.68. The standard InChI is InChI=1S/C18H20N2O2S/c1-11(2)12-6-8-13(9-7-12)17(21)19-20-18(22)16-10-14-4-3-5-15(14)23-16/h6-11H,3-5H2,1-2H3,(H,19,21)(H,20,22). The van der Waals surface area contributed by atoms with Crippen molar-refractivity contribution in [3.8, 4) is 0 Å². The number of benzene rings is 1. The second kappa shape index (κ2) is 6.54. The molecule has 0 unspecified atom stereocenters. The number of rotatable bonds is 3. The van der Waals surface area contributed by atoms with Gasteiger partial charge in [-0.15, -0.1) is 11.3 Å². The van der Waals surface area contributed by atoms with Gasteiger partial charge in [-0.25, -0.2) is 0 Å². The van der Waals surface area contributed by atoms with Gasteiger partial charge in [0.15, 0.2) is 0 Å². The minimum absolute atomic E-state index is 0.253. The topological polar surface area (TPSA) is 58.2 Å². The Hall–Kier alpha value is -2.14. The summed E-state index contributed by atoms with van der Waals surface area (Å²) < 4.78 is 0. The van der Waals surface area contributed by atoms with Gasteiger partial charge in [0.05, 0.1) is 4.88 Å². The maximum absolute atomic E-state index is 12.1. The van der Waals surface area contributed by atoms with Gasteiger partial charge in [-0.05, 0) is 54.5 Å². The summed E-state index contributed by atoms with van der Waals surface area (Å²) in [5.74, 6) is -0.137. The number of hydrazine groups is 1. The minimum Gasteiger partial charge on any atom is -0.267 e. The van der Waals surface area contributed by atoms with Gasteiger partial charge in [0, 0.05) is 10.4 Å². The van der Waals surface area contributed by atoms with Crippen molar-refractivity contribution in [1.82, 2.24) is 10.9 Å². The van der Waals surface area contributed by atoms with E-state index >= 15 is 0 Å². The van der Waals surface area contributed by atoms with Crippen molar-refractivity contribution in [3.05, 3.63) is 56.8 Å². The zero-order valence-electron chi connectivity index (χ0n) is 13.3. The van der Waals surface area contributed by atoms with Gasteiger partial charge in [-0.2, -0.15) is 0 Å². The molecule has 0 atom stereocenters. The number of hydrogen-bond acceptors (Lipinski definition) is 3. The van der Waals surface area contributed by atoms with E-state index in [0.717, 1.165) is 12.8 Å². The number of carbonyl (C=O) groups excluding carboxylic acids is 2. The number of hydrogen-bond donors (Lipinski definition) is 2. The van der Waals surface area contributed by atoms with Gasteiger partial charge in [-0.1, -0.05) is 26.0 Å². The molecule has 1 aromatic carbocycles. The Balaban J connectivity index is 1.58. The number of aryl methyl sites for hydroxylation is 2. The summed E-state index contributed by atoms with van der Waals surface area (Å²) in [6, 6.07) is 9.36. The predicted octanol–water partition coefficient (Wildman–Crippen LogP) is 3.44. The molecule has 0 aliphatic heterocycles. The lowest BCUT2D eigenvalue weighted by Gasteiger charge is -2.08. The summed E-state index contributed by atoms with van der Waals surface area (Å²) in [6.07, 6.45) is 3.28. The third-order valence-electron chi connectivity index (χ3n) is 4.10. The Morgan fingerprint density at radius 1 is 1.04 bits per heavy atom. The van der Waals surface area contributed by atoms with E-state index in [1.165, 1.54) is 33.8 Å². The molecule has 1 aromatic heterocycles. The molecule has 0 spiro atoms. The van der Waals surface area contributed by atoms with Crippen molar-refractivity contribution in [2.24, 2.45) is 0 Å². The van der Waals surface area contributed by atoms with Gasteiger partial charge in [0.1, 0.15) is 0 Å². The van der Waals surface area contributed by atoms with Crippen LogP contribution in [0, 0.1) is 0 Å². The molecule has 0 radical (unpaired) electrons. The highest BCUT2D eigenvalue weighted by Crippen LogP contribution is 2.30. The largest absolute Gasteiger partial charge is 0.279 e. The van der Waals surface area contributed by atoms with Crippen molar-refractivity contribution in [2.75, 3.05) is 0 Å². The second-order valence-electron chi connectivity index (χ2n) is 6.10. The highest BCUT2D eigenvalue weighted by Gasteiger charge is 2.18. The van der Waals surface area contributed by atoms with Crippen LogP contribution in [-0.2, 0) is 12.8 Å². The number of thiophene rings is 1. The minimum atomic E-state index is -0.308. The summed E-state index contributed by atoms with van der Waals surface area (Å²) >= 11 is 1.52. The van der Waals surface area contributed by atoms with Gasteiger partial charge in [0.2, 0.25) is 0 Å². The summed E-state index contributed by atoms with van der Waals surface area (Å²) in [6.45, 7) is 4.21. The molecular weight excluding hydrogens is 308 g/mol. The van der Waals surface area contributed by atoms with Crippen LogP contribution in [0.1, 0.15) is 62.2 Å². The van der Waals surface area contributed by atoms with Crippen LogP contribution in [0.2, 0.25) is 0 Å². The number of nitrogens with one attached hydrogen (secondary N) is 2. The van der Waals surface area contributed by atoms with Crippen molar-refractivity contribution < 1.29 is 9.59 Å². The Labute approximate surface area is 139 Å². The third kappa shape index (κ3) is 3.45. The molecule has 3 rings (SSSR count). The zero-order valence-corrected chi connectivity index (χ0v) is 14.1. The van der Waals surface area contributed by atoms with Crippen LogP contribution in [0.15, 0.2) is 30.3 Å². The highest BCUT2D eigenvalue weighted by molar-refractivity contribution is 7.14. The zero-order chi connectivity index (χ0) is 16.4. The van der Waals surface area contributed by atoms with Crippen LogP contribution in [0.5, 0.6) is 0 Å². The number of carbonyl (C=O) groups is 2. The van der Waals surface area contributed by atoms with Crippen LogP contribution < -0.4 is 10.9 Å². The lowest BCUT2D eigenvalue weighted by molar-refractivity contribution is 0.0849. The third-order valence-corrected chi connectivity index (χ3v) is 5.34. The van der Waals surface area contributed by atoms with Gasteiger partial charge < -0.3 is 0 Å². The van der Waals surface area contributed by atoms with Crippen LogP contribution in [0.25, 0.3) is 0 Å². The Morgan fingerprint density at radius 3 is 2.39 bits per heavy atom. The van der Waals surface area contributed by atoms with E-state index in [-0.39, 0.29) is 11.8 Å². The van der Waals surface area contributed by atoms with E-state index in [2.05, 4.69) is 24.7 Å². The molecule has 1 heterocycles. The molecule has 1 aliphatic carbocycles. The molecule has 0 saturated heterocycles. The monoisotopic (exact) mass is 328 g/mol. The van der Waals surface area contributed by atoms with E-state index in [1.807, 2.05) is 18.2 Å². The fraction of sp³-hybridized carbons (Fsp3) is 0.333. The first kappa shape index (κ1) is 15.7. The first-order valence-electron chi connectivity index (χ1n) is 7.87. The molecule has 1 aliphatic rings. The Kier molecular flexibility index (Phi) is 4.48. The maximum atomic E-state index is 12.1. The SMILES string of the molecule is CC(C)c1ccc(C(=O)NNC(=O)c2cc3c(s2)CCC3)cc1. The average molecular weight is 328 g/mol. The molecule has 23 heavy (non-hydrogen) atoms. The van der Waals surface area contributed by atoms with Crippen molar-refractivity contribution in [2.45, 2.75) is 39.0 Å². The molecule has 0 saturated carbocycles. The van der Waals surface area contributed by atoms with Crippen LogP contribution in [-0.4, -0.2) is 11.8 Å². The normalized spacial score (nSPS) is 13.0. The average Bonchev–Trinajstić information content (AvgIpc) is 3.14. The van der Waals surface area contributed by atoms with E-state index in [1.54, 1.807) is 12.1 Å². The predicted molar refractivity (Wildman–Crippen MR) is 91.8 cm³/mol. The van der Waals surface area contributed by atoms with Gasteiger partial charge in [0.25, 0.3) is 11.8 Å². The molecule has 5 heteroatoms. The fourth-order valence-corrected chi connectivity index (χ4v) is 3.86. The lowest BCUT2D eigenvalue weighted by atomic mass is 10.0. The van der Waals surface area contributed by atoms with Crippen molar-refractivity contribution >= 4 is 23.2 Å². The van der Waals surface area contributed by atoms with E-state index in [9.17, 15) is 9.59 Å². The molecule has 2 amide bonds. The second-order valence-corrected chi connectivity index (χ2v) is 7.23. The molecule has 0 bridgehead atoms. The molecule has 0 fully saturated rings. The molecular formula is C18H20N2O2S. The molecule has 4 nitrogen and oxygen atoms in total. The summed E-state index contributed by atoms with van der Waals surface area (Å²) in [5.41, 5.74) is 7.96. The maximum Gasteiger partial charge on any atom is 0.279 e. The Morgan fingerprint density at radius 2 is 1.74 bits per heavy atom.